The Kier molecular flexibility index (Phi) is 7.52. The summed E-state index contributed by atoms with van der Waals surface area (Å²) in [5.41, 5.74) is 1.14. The van der Waals surface area contributed by atoms with Gasteiger partial charge in [-0.25, -0.2) is 0 Å². The zero-order valence-corrected chi connectivity index (χ0v) is 14.3. The van der Waals surface area contributed by atoms with E-state index in [9.17, 15) is 4.79 Å². The minimum atomic E-state index is -0.286. The van der Waals surface area contributed by atoms with Gasteiger partial charge in [0.1, 0.15) is 0 Å². The molecule has 112 valence electrons. The first kappa shape index (κ1) is 17.4. The molecule has 0 aromatic heterocycles. The number of rotatable bonds is 8. The van der Waals surface area contributed by atoms with E-state index >= 15 is 0 Å². The third-order valence-electron chi connectivity index (χ3n) is 3.88. The molecular formula is C16H25NOS2. The van der Waals surface area contributed by atoms with Crippen LogP contribution in [0.5, 0.6) is 0 Å². The Morgan fingerprint density at radius 2 is 1.90 bits per heavy atom. The zero-order chi connectivity index (χ0) is 15.0. The number of carbonyl (C=O) groups is 1. The van der Waals surface area contributed by atoms with Gasteiger partial charge in [0.2, 0.25) is 5.91 Å². The Morgan fingerprint density at radius 1 is 1.30 bits per heavy atom. The van der Waals surface area contributed by atoms with Crippen molar-refractivity contribution in [2.75, 3.05) is 12.8 Å². The Morgan fingerprint density at radius 3 is 2.40 bits per heavy atom. The van der Waals surface area contributed by atoms with Gasteiger partial charge in [-0.05, 0) is 31.1 Å². The van der Waals surface area contributed by atoms with Crippen LogP contribution in [0, 0.1) is 0 Å². The van der Waals surface area contributed by atoms with Gasteiger partial charge in [-0.1, -0.05) is 44.2 Å². The van der Waals surface area contributed by atoms with Gasteiger partial charge in [0.05, 0.1) is 5.25 Å². The van der Waals surface area contributed by atoms with E-state index in [0.717, 1.165) is 18.4 Å². The molecule has 0 radical (unpaired) electrons. The maximum Gasteiger partial charge on any atom is 0.233 e. The first-order valence-corrected chi connectivity index (χ1v) is 8.86. The average Bonchev–Trinajstić information content (AvgIpc) is 2.50. The lowest BCUT2D eigenvalue weighted by molar-refractivity contribution is -0.120. The number of amides is 1. The molecule has 4 heteroatoms. The second-order valence-corrected chi connectivity index (χ2v) is 6.92. The van der Waals surface area contributed by atoms with Gasteiger partial charge in [0, 0.05) is 11.3 Å². The van der Waals surface area contributed by atoms with Crippen LogP contribution in [0.25, 0.3) is 0 Å². The maximum absolute atomic E-state index is 12.1. The Hall–Kier alpha value is -0.610. The molecule has 0 aliphatic rings. The van der Waals surface area contributed by atoms with E-state index in [4.69, 9.17) is 0 Å². The van der Waals surface area contributed by atoms with Crippen molar-refractivity contribution in [2.45, 2.75) is 43.1 Å². The van der Waals surface area contributed by atoms with E-state index in [1.807, 2.05) is 42.1 Å². The van der Waals surface area contributed by atoms with E-state index in [2.05, 4.69) is 38.0 Å². The number of thiol groups is 1. The summed E-state index contributed by atoms with van der Waals surface area (Å²) < 4.78 is 0.149. The maximum atomic E-state index is 12.1. The van der Waals surface area contributed by atoms with Crippen molar-refractivity contribution in [3.8, 4) is 0 Å². The Bertz CT molecular complexity index is 396. The van der Waals surface area contributed by atoms with Crippen molar-refractivity contribution in [1.82, 2.24) is 5.32 Å². The Labute approximate surface area is 132 Å². The largest absolute Gasteiger partial charge is 0.354 e. The molecule has 1 N–H and O–H groups in total. The van der Waals surface area contributed by atoms with Gasteiger partial charge >= 0.3 is 0 Å². The fourth-order valence-electron chi connectivity index (χ4n) is 2.16. The number of nitrogens with one attached hydrogen (secondary N) is 1. The van der Waals surface area contributed by atoms with Gasteiger partial charge in [0.15, 0.2) is 0 Å². The van der Waals surface area contributed by atoms with E-state index < -0.39 is 0 Å². The molecule has 1 atom stereocenters. The standard InChI is InChI=1S/C16H25NOS2/c1-4-16(5-2,20-3)12-17-15(18)14(19)11-13-9-7-6-8-10-13/h6-10,14,19H,4-5,11-12H2,1-3H3,(H,17,18). The lowest BCUT2D eigenvalue weighted by Crippen LogP contribution is -2.42. The molecule has 1 aromatic rings. The van der Waals surface area contributed by atoms with Crippen LogP contribution in [-0.4, -0.2) is 28.7 Å². The first-order valence-electron chi connectivity index (χ1n) is 7.11. The molecule has 0 saturated carbocycles. The summed E-state index contributed by atoms with van der Waals surface area (Å²) in [6, 6.07) is 10.0. The summed E-state index contributed by atoms with van der Waals surface area (Å²) in [7, 11) is 0. The molecule has 0 bridgehead atoms. The first-order chi connectivity index (χ1) is 9.56. The van der Waals surface area contributed by atoms with Crippen molar-refractivity contribution in [1.29, 1.82) is 0 Å². The fourth-order valence-corrected chi connectivity index (χ4v) is 3.25. The molecule has 0 aliphatic carbocycles. The van der Waals surface area contributed by atoms with E-state index in [1.165, 1.54) is 0 Å². The predicted octanol–water partition coefficient (Wildman–Crippen LogP) is 3.57. The van der Waals surface area contributed by atoms with Crippen LogP contribution in [0.3, 0.4) is 0 Å². The summed E-state index contributed by atoms with van der Waals surface area (Å²) in [5, 5.41) is 2.77. The normalized spacial score (nSPS) is 13.0. The number of benzene rings is 1. The zero-order valence-electron chi connectivity index (χ0n) is 12.6. The monoisotopic (exact) mass is 311 g/mol. The number of hydrogen-bond donors (Lipinski definition) is 2. The molecule has 0 spiro atoms. The van der Waals surface area contributed by atoms with Crippen LogP contribution in [-0.2, 0) is 11.2 Å². The highest BCUT2D eigenvalue weighted by atomic mass is 32.2. The third-order valence-corrected chi connectivity index (χ3v) is 5.89. The van der Waals surface area contributed by atoms with Gasteiger partial charge in [0.25, 0.3) is 0 Å². The van der Waals surface area contributed by atoms with Crippen LogP contribution in [0.4, 0.5) is 0 Å². The molecule has 20 heavy (non-hydrogen) atoms. The molecule has 1 amide bonds. The molecule has 0 aliphatic heterocycles. The molecule has 2 nitrogen and oxygen atoms in total. The third kappa shape index (κ3) is 5.06. The van der Waals surface area contributed by atoms with Gasteiger partial charge < -0.3 is 5.32 Å². The summed E-state index contributed by atoms with van der Waals surface area (Å²) in [4.78, 5) is 12.1. The molecule has 1 unspecified atom stereocenters. The molecule has 0 heterocycles. The van der Waals surface area contributed by atoms with Crippen molar-refractivity contribution in [3.05, 3.63) is 35.9 Å². The molecule has 0 fully saturated rings. The highest BCUT2D eigenvalue weighted by molar-refractivity contribution is 8.00. The van der Waals surface area contributed by atoms with Crippen molar-refractivity contribution in [3.63, 3.8) is 0 Å². The minimum Gasteiger partial charge on any atom is -0.354 e. The van der Waals surface area contributed by atoms with Crippen molar-refractivity contribution < 1.29 is 4.79 Å². The van der Waals surface area contributed by atoms with Gasteiger partial charge in [-0.3, -0.25) is 4.79 Å². The molecule has 1 aromatic carbocycles. The highest BCUT2D eigenvalue weighted by Gasteiger charge is 2.26. The summed E-state index contributed by atoms with van der Waals surface area (Å²) in [6.45, 7) is 5.06. The SMILES string of the molecule is CCC(CC)(CNC(=O)C(S)Cc1ccccc1)SC. The topological polar surface area (TPSA) is 29.1 Å². The average molecular weight is 312 g/mol. The van der Waals surface area contributed by atoms with Crippen LogP contribution in [0.15, 0.2) is 30.3 Å². The second-order valence-electron chi connectivity index (χ2n) is 5.02. The van der Waals surface area contributed by atoms with E-state index in [-0.39, 0.29) is 15.9 Å². The number of carbonyl (C=O) groups excluding carboxylic acids is 1. The number of hydrogen-bond acceptors (Lipinski definition) is 3. The second kappa shape index (κ2) is 8.63. The van der Waals surface area contributed by atoms with E-state index in [1.54, 1.807) is 0 Å². The van der Waals surface area contributed by atoms with Crippen LogP contribution >= 0.6 is 24.4 Å². The highest BCUT2D eigenvalue weighted by Crippen LogP contribution is 2.29. The van der Waals surface area contributed by atoms with Crippen LogP contribution in [0.1, 0.15) is 32.3 Å². The summed E-state index contributed by atoms with van der Waals surface area (Å²) in [5.74, 6) is 0.0255. The number of thioether (sulfide) groups is 1. The minimum absolute atomic E-state index is 0.0255. The molecule has 1 rings (SSSR count). The smallest absolute Gasteiger partial charge is 0.233 e. The molecular weight excluding hydrogens is 286 g/mol. The molecule has 0 saturated heterocycles. The van der Waals surface area contributed by atoms with Crippen molar-refractivity contribution >= 4 is 30.3 Å². The predicted molar refractivity (Wildman–Crippen MR) is 92.8 cm³/mol. The van der Waals surface area contributed by atoms with E-state index in [0.29, 0.717) is 13.0 Å². The van der Waals surface area contributed by atoms with Crippen LogP contribution in [0.2, 0.25) is 0 Å². The summed E-state index contributed by atoms with van der Waals surface area (Å²) >= 11 is 6.27. The lowest BCUT2D eigenvalue weighted by atomic mass is 10.0. The summed E-state index contributed by atoms with van der Waals surface area (Å²) in [6.07, 6.45) is 4.89. The fraction of sp³-hybridized carbons (Fsp3) is 0.562. The van der Waals surface area contributed by atoms with Crippen molar-refractivity contribution in [2.24, 2.45) is 0 Å². The van der Waals surface area contributed by atoms with Gasteiger partial charge in [-0.2, -0.15) is 24.4 Å². The quantitative estimate of drug-likeness (QED) is 0.719. The van der Waals surface area contributed by atoms with Crippen LogP contribution < -0.4 is 5.32 Å². The lowest BCUT2D eigenvalue weighted by Gasteiger charge is -2.30. The Balaban J connectivity index is 2.50. The van der Waals surface area contributed by atoms with Gasteiger partial charge in [-0.15, -0.1) is 0 Å².